The highest BCUT2D eigenvalue weighted by Crippen LogP contribution is 2.37. The summed E-state index contributed by atoms with van der Waals surface area (Å²) >= 11 is 0. The number of aromatic nitrogens is 8. The minimum absolute atomic E-state index is 0.0523. The van der Waals surface area contributed by atoms with E-state index >= 15 is 0 Å². The zero-order chi connectivity index (χ0) is 27.6. The molecule has 1 aliphatic carbocycles. The molecular formula is C34H22N8. The average Bonchev–Trinajstić information content (AvgIpc) is 3.65. The Hall–Kier alpha value is -5.76. The Bertz CT molecular complexity index is 2250. The lowest BCUT2D eigenvalue weighted by atomic mass is 9.98. The summed E-state index contributed by atoms with van der Waals surface area (Å²) in [5.41, 5.74) is 6.10. The van der Waals surface area contributed by atoms with Gasteiger partial charge in [-0.05, 0) is 6.42 Å². The standard InChI is InChI=1S/C34H22N8/c1-2-10-19-18-20(11-3-1)28-35-27(19)36-29-21-12-4-6-14-23(21)31(38-29)40-33-25-16-8-9-17-26(25)34(42-33)41-32-24-15-7-5-13-22(24)30(37-28)39-32/h2-19H,1H2,(H2,35,36,37,38,39,40,41,42)/b10-2-,11-3-. The van der Waals surface area contributed by atoms with Gasteiger partial charge in [-0.15, -0.1) is 0 Å². The molecule has 5 heterocycles. The topological polar surface area (TPSA) is 109 Å². The van der Waals surface area contributed by atoms with Crippen LogP contribution in [0.15, 0.2) is 103 Å². The second-order valence-corrected chi connectivity index (χ2v) is 10.5. The number of rotatable bonds is 0. The van der Waals surface area contributed by atoms with Gasteiger partial charge in [0.05, 0.1) is 5.92 Å². The fourth-order valence-electron chi connectivity index (χ4n) is 5.88. The molecule has 0 saturated heterocycles. The molecule has 198 valence electrons. The number of nitrogens with one attached hydrogen (secondary N) is 2. The van der Waals surface area contributed by atoms with Crippen LogP contribution >= 0.6 is 0 Å². The van der Waals surface area contributed by atoms with Crippen LogP contribution in [0.3, 0.4) is 0 Å². The van der Waals surface area contributed by atoms with E-state index in [0.717, 1.165) is 50.8 Å². The van der Waals surface area contributed by atoms with Crippen molar-refractivity contribution in [2.45, 2.75) is 12.3 Å². The van der Waals surface area contributed by atoms with Gasteiger partial charge in [0.2, 0.25) is 0 Å². The second-order valence-electron chi connectivity index (χ2n) is 10.5. The zero-order valence-corrected chi connectivity index (χ0v) is 22.3. The van der Waals surface area contributed by atoms with E-state index < -0.39 is 0 Å². The largest absolute Gasteiger partial charge is 0.327 e. The number of hydrogen-bond donors (Lipinski definition) is 2. The predicted octanol–water partition coefficient (Wildman–Crippen LogP) is 7.12. The van der Waals surface area contributed by atoms with Crippen LogP contribution in [0.4, 0.5) is 0 Å². The second kappa shape index (κ2) is 8.87. The molecule has 5 aromatic rings. The summed E-state index contributed by atoms with van der Waals surface area (Å²) in [7, 11) is 0. The quantitative estimate of drug-likeness (QED) is 0.198. The first-order valence-electron chi connectivity index (χ1n) is 13.9. The van der Waals surface area contributed by atoms with Gasteiger partial charge in [0.1, 0.15) is 22.9 Å². The van der Waals surface area contributed by atoms with Gasteiger partial charge in [-0.25, -0.2) is 29.9 Å². The van der Waals surface area contributed by atoms with E-state index in [1.54, 1.807) is 0 Å². The summed E-state index contributed by atoms with van der Waals surface area (Å²) in [5, 5.41) is 1.91. The summed E-state index contributed by atoms with van der Waals surface area (Å²) in [6.07, 6.45) is 11.6. The Labute approximate surface area is 240 Å². The minimum Gasteiger partial charge on any atom is -0.327 e. The molecule has 0 saturated carbocycles. The average molecular weight is 543 g/mol. The smallest absolute Gasteiger partial charge is 0.164 e. The molecule has 2 aromatic heterocycles. The van der Waals surface area contributed by atoms with Crippen LogP contribution < -0.4 is 0 Å². The van der Waals surface area contributed by atoms with E-state index in [2.05, 4.69) is 40.3 Å². The van der Waals surface area contributed by atoms with E-state index in [0.29, 0.717) is 40.4 Å². The van der Waals surface area contributed by atoms with Crippen molar-refractivity contribution in [3.63, 3.8) is 0 Å². The number of hydrogen-bond acceptors (Lipinski definition) is 6. The highest BCUT2D eigenvalue weighted by atomic mass is 15.1. The third-order valence-electron chi connectivity index (χ3n) is 7.90. The highest BCUT2D eigenvalue weighted by Gasteiger charge is 2.24. The number of aromatic amines is 2. The van der Waals surface area contributed by atoms with Gasteiger partial charge in [0.15, 0.2) is 23.3 Å². The van der Waals surface area contributed by atoms with Gasteiger partial charge in [0.25, 0.3) is 0 Å². The van der Waals surface area contributed by atoms with Crippen LogP contribution in [0, 0.1) is 0 Å². The lowest BCUT2D eigenvalue weighted by Gasteiger charge is -2.17. The molecule has 8 heteroatoms. The highest BCUT2D eigenvalue weighted by molar-refractivity contribution is 6.04. The summed E-state index contributed by atoms with van der Waals surface area (Å²) < 4.78 is 0. The van der Waals surface area contributed by atoms with Crippen molar-refractivity contribution in [3.8, 4) is 45.6 Å². The third-order valence-corrected chi connectivity index (χ3v) is 7.90. The first-order valence-corrected chi connectivity index (χ1v) is 13.9. The Morgan fingerprint density at radius 2 is 1.10 bits per heavy atom. The normalized spacial score (nSPS) is 17.2. The van der Waals surface area contributed by atoms with Crippen molar-refractivity contribution < 1.29 is 0 Å². The Morgan fingerprint density at radius 3 is 1.71 bits per heavy atom. The van der Waals surface area contributed by atoms with Crippen LogP contribution in [0.5, 0.6) is 0 Å². The van der Waals surface area contributed by atoms with E-state index in [-0.39, 0.29) is 5.92 Å². The molecule has 4 aliphatic rings. The van der Waals surface area contributed by atoms with Crippen molar-refractivity contribution >= 4 is 27.6 Å². The fourth-order valence-corrected chi connectivity index (χ4v) is 5.88. The van der Waals surface area contributed by atoms with Crippen LogP contribution in [-0.4, -0.2) is 39.9 Å². The number of fused-ring (bicyclic) bond motifs is 20. The molecule has 1 atom stereocenters. The third kappa shape index (κ3) is 3.55. The van der Waals surface area contributed by atoms with E-state index in [1.807, 2.05) is 72.8 Å². The molecule has 0 radical (unpaired) electrons. The van der Waals surface area contributed by atoms with Crippen LogP contribution in [0.25, 0.3) is 73.2 Å². The SMILES string of the molecule is C1=C2/C=C\C/C=C\C1c1nc3nc(nc4[nH]c(nc5nc(nc2[nH]1)-c1ccccc1-5)c1ccccc41)-c1ccccc1-3. The Kier molecular flexibility index (Phi) is 4.86. The van der Waals surface area contributed by atoms with E-state index in [9.17, 15) is 0 Å². The van der Waals surface area contributed by atoms with Crippen LogP contribution in [0.1, 0.15) is 24.0 Å². The lowest BCUT2D eigenvalue weighted by molar-refractivity contribution is 0.872. The van der Waals surface area contributed by atoms with Crippen molar-refractivity contribution in [2.24, 2.45) is 0 Å². The predicted molar refractivity (Wildman–Crippen MR) is 163 cm³/mol. The molecule has 1 unspecified atom stereocenters. The first-order chi connectivity index (χ1) is 20.8. The molecular weight excluding hydrogens is 520 g/mol. The monoisotopic (exact) mass is 542 g/mol. The number of allylic oxidation sites excluding steroid dienone is 6. The van der Waals surface area contributed by atoms with Gasteiger partial charge in [0, 0.05) is 38.6 Å². The molecule has 3 aromatic carbocycles. The number of H-pyrrole nitrogens is 2. The zero-order valence-electron chi connectivity index (χ0n) is 22.3. The first kappa shape index (κ1) is 23.0. The summed E-state index contributed by atoms with van der Waals surface area (Å²) in [4.78, 5) is 37.2. The molecule has 0 fully saturated rings. The molecule has 3 aliphatic heterocycles. The van der Waals surface area contributed by atoms with Crippen LogP contribution in [-0.2, 0) is 0 Å². The van der Waals surface area contributed by atoms with Crippen molar-refractivity contribution in [1.29, 1.82) is 0 Å². The summed E-state index contributed by atoms with van der Waals surface area (Å²) in [6.45, 7) is 0. The summed E-state index contributed by atoms with van der Waals surface area (Å²) in [5.74, 6) is 3.80. The maximum absolute atomic E-state index is 5.11. The summed E-state index contributed by atoms with van der Waals surface area (Å²) in [6, 6.07) is 24.3. The van der Waals surface area contributed by atoms with E-state index in [1.165, 1.54) is 0 Å². The molecule has 10 bridgehead atoms. The lowest BCUT2D eigenvalue weighted by Crippen LogP contribution is -2.08. The van der Waals surface area contributed by atoms with Crippen LogP contribution in [0.2, 0.25) is 0 Å². The number of nitrogens with zero attached hydrogens (tertiary/aromatic N) is 6. The van der Waals surface area contributed by atoms with Gasteiger partial charge in [-0.1, -0.05) is 103 Å². The molecule has 2 N–H and O–H groups in total. The fraction of sp³-hybridized carbons (Fsp3) is 0.0588. The van der Waals surface area contributed by atoms with Crippen molar-refractivity contribution in [1.82, 2.24) is 39.9 Å². The number of benzene rings is 3. The Morgan fingerprint density at radius 1 is 0.548 bits per heavy atom. The van der Waals surface area contributed by atoms with Gasteiger partial charge in [-0.2, -0.15) is 0 Å². The molecule has 9 rings (SSSR count). The van der Waals surface area contributed by atoms with Gasteiger partial charge in [-0.3, -0.25) is 0 Å². The van der Waals surface area contributed by atoms with Gasteiger partial charge >= 0.3 is 0 Å². The van der Waals surface area contributed by atoms with E-state index in [4.69, 9.17) is 29.9 Å². The van der Waals surface area contributed by atoms with Gasteiger partial charge < -0.3 is 9.97 Å². The van der Waals surface area contributed by atoms with Crippen molar-refractivity contribution in [3.05, 3.63) is 115 Å². The Balaban J connectivity index is 1.46. The molecule has 0 spiro atoms. The maximum atomic E-state index is 5.11. The minimum atomic E-state index is -0.0523. The van der Waals surface area contributed by atoms with Crippen molar-refractivity contribution in [2.75, 3.05) is 0 Å². The molecule has 0 amide bonds. The molecule has 8 nitrogen and oxygen atoms in total. The molecule has 42 heavy (non-hydrogen) atoms. The maximum Gasteiger partial charge on any atom is 0.164 e.